The first-order chi connectivity index (χ1) is 14.0. The molecule has 6 nitrogen and oxygen atoms in total. The number of benzene rings is 2. The molecule has 0 saturated carbocycles. The Morgan fingerprint density at radius 1 is 1.07 bits per heavy atom. The van der Waals surface area contributed by atoms with E-state index in [1.165, 1.54) is 0 Å². The quantitative estimate of drug-likeness (QED) is 0.614. The van der Waals surface area contributed by atoms with Gasteiger partial charge < -0.3 is 9.84 Å². The third-order valence-electron chi connectivity index (χ3n) is 5.72. The van der Waals surface area contributed by atoms with Crippen molar-refractivity contribution in [3.05, 3.63) is 59.8 Å². The van der Waals surface area contributed by atoms with E-state index in [-0.39, 0.29) is 0 Å². The molecule has 2 aromatic carbocycles. The van der Waals surface area contributed by atoms with Crippen LogP contribution in [-0.4, -0.2) is 33.6 Å². The molecule has 4 rings (SSSR count). The molecule has 148 valence electrons. The van der Waals surface area contributed by atoms with Crippen molar-refractivity contribution in [1.29, 1.82) is 0 Å². The van der Waals surface area contributed by atoms with Crippen molar-refractivity contribution in [2.45, 2.75) is 38.2 Å². The fraction of sp³-hybridized carbons (Fsp3) is 0.304. The summed E-state index contributed by atoms with van der Waals surface area (Å²) in [5.74, 6) is -1.47. The first-order valence-electron chi connectivity index (χ1n) is 9.65. The van der Waals surface area contributed by atoms with Gasteiger partial charge in [-0.1, -0.05) is 43.3 Å². The molecule has 1 N–H and O–H groups in total. The molecule has 0 fully saturated rings. The largest absolute Gasteiger partial charge is 0.481 e. The van der Waals surface area contributed by atoms with Crippen molar-refractivity contribution < 1.29 is 19.4 Å². The summed E-state index contributed by atoms with van der Waals surface area (Å²) in [5.41, 5.74) is 4.32. The Hall–Kier alpha value is -3.28. The Morgan fingerprint density at radius 2 is 1.72 bits per heavy atom. The maximum Gasteiger partial charge on any atom is 0.306 e. The standard InChI is InChI=1S/C23H22N2O4/c1-14(22(27)28)11-23(12-15(2)29-13-26)17-8-4-3-7-16(17)20-21(23)25-19-10-6-5-9-18(19)24-20/h3-10,13-15H,11-12H2,1-2H3,(H,27,28)/t14-,15-,23?/m0/s1. The van der Waals surface area contributed by atoms with Crippen LogP contribution >= 0.6 is 0 Å². The van der Waals surface area contributed by atoms with Gasteiger partial charge in [0.1, 0.15) is 0 Å². The van der Waals surface area contributed by atoms with Crippen LogP contribution in [0.25, 0.3) is 22.3 Å². The summed E-state index contributed by atoms with van der Waals surface area (Å²) in [6, 6.07) is 15.5. The summed E-state index contributed by atoms with van der Waals surface area (Å²) in [7, 11) is 0. The van der Waals surface area contributed by atoms with Crippen LogP contribution in [0.15, 0.2) is 48.5 Å². The number of carbonyl (C=O) groups is 2. The van der Waals surface area contributed by atoms with Gasteiger partial charge >= 0.3 is 5.97 Å². The molecule has 0 saturated heterocycles. The Labute approximate surface area is 168 Å². The Morgan fingerprint density at radius 3 is 2.41 bits per heavy atom. The normalized spacial score (nSPS) is 19.2. The molecule has 0 amide bonds. The molecule has 29 heavy (non-hydrogen) atoms. The van der Waals surface area contributed by atoms with Gasteiger partial charge in [-0.15, -0.1) is 0 Å². The predicted molar refractivity (Wildman–Crippen MR) is 108 cm³/mol. The van der Waals surface area contributed by atoms with E-state index in [2.05, 4.69) is 0 Å². The highest BCUT2D eigenvalue weighted by molar-refractivity contribution is 5.84. The number of carbonyl (C=O) groups excluding carboxylic acids is 1. The molecule has 1 aliphatic carbocycles. The van der Waals surface area contributed by atoms with Crippen LogP contribution in [0.2, 0.25) is 0 Å². The summed E-state index contributed by atoms with van der Waals surface area (Å²) < 4.78 is 5.21. The van der Waals surface area contributed by atoms with E-state index in [1.54, 1.807) is 6.92 Å². The minimum atomic E-state index is -0.868. The molecule has 0 bridgehead atoms. The first kappa shape index (κ1) is 19.1. The predicted octanol–water partition coefficient (Wildman–Crippen LogP) is 3.96. The maximum atomic E-state index is 11.8. The summed E-state index contributed by atoms with van der Waals surface area (Å²) in [4.78, 5) is 32.5. The van der Waals surface area contributed by atoms with E-state index in [0.717, 1.165) is 33.5 Å². The number of carboxylic acid groups (broad SMARTS) is 1. The molecule has 1 heterocycles. The molecule has 0 aliphatic heterocycles. The fourth-order valence-corrected chi connectivity index (χ4v) is 4.50. The SMILES string of the molecule is C[C@@H](CC1(C[C@H](C)C(=O)O)c2ccccc2-c2nc3ccccc3nc21)OC=O. The lowest BCUT2D eigenvalue weighted by atomic mass is 9.70. The maximum absolute atomic E-state index is 11.8. The Balaban J connectivity index is 1.99. The van der Waals surface area contributed by atoms with Crippen LogP contribution in [0.3, 0.4) is 0 Å². The topological polar surface area (TPSA) is 89.4 Å². The zero-order valence-corrected chi connectivity index (χ0v) is 16.3. The average molecular weight is 390 g/mol. The summed E-state index contributed by atoms with van der Waals surface area (Å²) in [6.07, 6.45) is 0.368. The minimum Gasteiger partial charge on any atom is -0.481 e. The van der Waals surface area contributed by atoms with Crippen molar-refractivity contribution in [2.75, 3.05) is 0 Å². The highest BCUT2D eigenvalue weighted by Gasteiger charge is 2.48. The molecule has 6 heteroatoms. The molecule has 1 aromatic heterocycles. The monoisotopic (exact) mass is 390 g/mol. The number of rotatable bonds is 7. The van der Waals surface area contributed by atoms with E-state index in [9.17, 15) is 14.7 Å². The smallest absolute Gasteiger partial charge is 0.306 e. The molecule has 1 aliphatic rings. The number of aliphatic carboxylic acids is 1. The molecule has 3 aromatic rings. The van der Waals surface area contributed by atoms with Gasteiger partial charge in [-0.2, -0.15) is 0 Å². The lowest BCUT2D eigenvalue weighted by Gasteiger charge is -2.34. The second-order valence-corrected chi connectivity index (χ2v) is 7.73. The van der Waals surface area contributed by atoms with Gasteiger partial charge in [-0.25, -0.2) is 9.97 Å². The van der Waals surface area contributed by atoms with E-state index < -0.39 is 23.4 Å². The first-order valence-corrected chi connectivity index (χ1v) is 9.65. The number of fused-ring (bicyclic) bond motifs is 4. The summed E-state index contributed by atoms with van der Waals surface area (Å²) >= 11 is 0. The molecular formula is C23H22N2O4. The Bertz CT molecular complexity index is 1100. The summed E-state index contributed by atoms with van der Waals surface area (Å²) in [5, 5.41) is 9.64. The number of carboxylic acids is 1. The number of para-hydroxylation sites is 2. The highest BCUT2D eigenvalue weighted by atomic mass is 16.5. The minimum absolute atomic E-state index is 0.339. The molecular weight excluding hydrogens is 368 g/mol. The average Bonchev–Trinajstić information content (AvgIpc) is 2.96. The van der Waals surface area contributed by atoms with E-state index in [1.807, 2.05) is 55.5 Å². The lowest BCUT2D eigenvalue weighted by Crippen LogP contribution is -2.35. The fourth-order valence-electron chi connectivity index (χ4n) is 4.50. The van der Waals surface area contributed by atoms with Crippen LogP contribution < -0.4 is 0 Å². The number of ether oxygens (including phenoxy) is 1. The third-order valence-corrected chi connectivity index (χ3v) is 5.72. The number of nitrogens with zero attached hydrogens (tertiary/aromatic N) is 2. The third kappa shape index (κ3) is 3.14. The van der Waals surface area contributed by atoms with Gasteiger partial charge in [0.25, 0.3) is 6.47 Å². The van der Waals surface area contributed by atoms with Gasteiger partial charge in [0.2, 0.25) is 0 Å². The van der Waals surface area contributed by atoms with Crippen molar-refractivity contribution in [3.63, 3.8) is 0 Å². The van der Waals surface area contributed by atoms with E-state index in [4.69, 9.17) is 14.7 Å². The van der Waals surface area contributed by atoms with E-state index >= 15 is 0 Å². The second kappa shape index (κ2) is 7.28. The zero-order valence-electron chi connectivity index (χ0n) is 16.3. The van der Waals surface area contributed by atoms with Crippen LogP contribution in [0.5, 0.6) is 0 Å². The number of aromatic nitrogens is 2. The van der Waals surface area contributed by atoms with Gasteiger partial charge in [0.05, 0.1) is 34.4 Å². The van der Waals surface area contributed by atoms with Gasteiger partial charge in [0, 0.05) is 11.0 Å². The summed E-state index contributed by atoms with van der Waals surface area (Å²) in [6.45, 7) is 3.95. The Kier molecular flexibility index (Phi) is 4.78. The van der Waals surface area contributed by atoms with Crippen molar-refractivity contribution >= 4 is 23.5 Å². The molecule has 0 spiro atoms. The van der Waals surface area contributed by atoms with Gasteiger partial charge in [-0.3, -0.25) is 9.59 Å². The van der Waals surface area contributed by atoms with Gasteiger partial charge in [0.15, 0.2) is 0 Å². The molecule has 0 radical (unpaired) electrons. The van der Waals surface area contributed by atoms with Crippen molar-refractivity contribution in [2.24, 2.45) is 5.92 Å². The van der Waals surface area contributed by atoms with Crippen LogP contribution in [0.1, 0.15) is 37.9 Å². The zero-order chi connectivity index (χ0) is 20.6. The molecule has 1 unspecified atom stereocenters. The lowest BCUT2D eigenvalue weighted by molar-refractivity contribution is -0.142. The van der Waals surface area contributed by atoms with Crippen LogP contribution in [-0.2, 0) is 19.7 Å². The second-order valence-electron chi connectivity index (χ2n) is 7.73. The highest BCUT2D eigenvalue weighted by Crippen LogP contribution is 2.53. The van der Waals surface area contributed by atoms with Gasteiger partial charge in [-0.05, 0) is 37.5 Å². The number of hydrogen-bond donors (Lipinski definition) is 1. The van der Waals surface area contributed by atoms with Crippen LogP contribution in [0.4, 0.5) is 0 Å². The van der Waals surface area contributed by atoms with Crippen LogP contribution in [0, 0.1) is 5.92 Å². The van der Waals surface area contributed by atoms with Crippen molar-refractivity contribution in [3.8, 4) is 11.3 Å². The van der Waals surface area contributed by atoms with E-state index in [0.29, 0.717) is 19.3 Å². The number of hydrogen-bond acceptors (Lipinski definition) is 5. The van der Waals surface area contributed by atoms with Crippen molar-refractivity contribution in [1.82, 2.24) is 9.97 Å². The molecule has 3 atom stereocenters.